The summed E-state index contributed by atoms with van der Waals surface area (Å²) in [4.78, 5) is 12.7. The van der Waals surface area contributed by atoms with Crippen LogP contribution >= 0.6 is 11.6 Å². The van der Waals surface area contributed by atoms with E-state index in [9.17, 15) is 4.79 Å². The van der Waals surface area contributed by atoms with Gasteiger partial charge in [0.25, 0.3) is 5.91 Å². The Hall–Kier alpha value is -2.99. The van der Waals surface area contributed by atoms with Gasteiger partial charge in [-0.1, -0.05) is 24.6 Å². The Morgan fingerprint density at radius 3 is 2.41 bits per heavy atom. The van der Waals surface area contributed by atoms with Gasteiger partial charge in [0.05, 0.1) is 19.9 Å². The van der Waals surface area contributed by atoms with Gasteiger partial charge in [-0.05, 0) is 36.8 Å². The fraction of sp³-hybridized carbons (Fsp3) is 0.200. The van der Waals surface area contributed by atoms with Crippen molar-refractivity contribution in [1.29, 1.82) is 0 Å². The van der Waals surface area contributed by atoms with Gasteiger partial charge in [-0.25, -0.2) is 4.68 Å². The summed E-state index contributed by atoms with van der Waals surface area (Å²) in [6.45, 7) is 2.02. The van der Waals surface area contributed by atoms with Crippen molar-refractivity contribution in [1.82, 2.24) is 9.78 Å². The fourth-order valence-electron chi connectivity index (χ4n) is 2.69. The third kappa shape index (κ3) is 4.23. The molecular formula is C20H20ClN3O3. The van der Waals surface area contributed by atoms with Crippen LogP contribution in [0, 0.1) is 0 Å². The van der Waals surface area contributed by atoms with Crippen molar-refractivity contribution in [2.75, 3.05) is 19.5 Å². The second-order valence-corrected chi connectivity index (χ2v) is 6.26. The van der Waals surface area contributed by atoms with Gasteiger partial charge in [0.15, 0.2) is 5.82 Å². The van der Waals surface area contributed by atoms with Crippen LogP contribution in [-0.2, 0) is 6.42 Å². The molecule has 3 rings (SSSR count). The van der Waals surface area contributed by atoms with E-state index in [2.05, 4.69) is 10.4 Å². The number of hydrogen-bond donors (Lipinski definition) is 1. The summed E-state index contributed by atoms with van der Waals surface area (Å²) in [6.07, 6.45) is 0.752. The van der Waals surface area contributed by atoms with E-state index in [4.69, 9.17) is 21.1 Å². The normalized spacial score (nSPS) is 10.5. The van der Waals surface area contributed by atoms with Crippen LogP contribution in [0.25, 0.3) is 5.69 Å². The third-order valence-electron chi connectivity index (χ3n) is 4.05. The molecule has 7 heteroatoms. The molecule has 0 atom stereocenters. The lowest BCUT2D eigenvalue weighted by Gasteiger charge is -2.08. The van der Waals surface area contributed by atoms with E-state index in [1.165, 1.54) is 14.2 Å². The van der Waals surface area contributed by atoms with Crippen molar-refractivity contribution in [2.24, 2.45) is 0 Å². The average molecular weight is 386 g/mol. The summed E-state index contributed by atoms with van der Waals surface area (Å²) in [6, 6.07) is 14.2. The molecule has 0 fully saturated rings. The number of benzene rings is 2. The number of aryl methyl sites for hydroxylation is 1. The Kier molecular flexibility index (Phi) is 5.66. The highest BCUT2D eigenvalue weighted by Crippen LogP contribution is 2.24. The van der Waals surface area contributed by atoms with Crippen molar-refractivity contribution in [3.63, 3.8) is 0 Å². The van der Waals surface area contributed by atoms with E-state index in [1.807, 2.05) is 31.2 Å². The molecule has 140 valence electrons. The topological polar surface area (TPSA) is 65.4 Å². The Bertz CT molecular complexity index is 947. The van der Waals surface area contributed by atoms with Crippen molar-refractivity contribution < 1.29 is 14.3 Å². The van der Waals surface area contributed by atoms with Gasteiger partial charge in [0, 0.05) is 28.4 Å². The van der Waals surface area contributed by atoms with Gasteiger partial charge in [-0.2, -0.15) is 0 Å². The highest BCUT2D eigenvalue weighted by molar-refractivity contribution is 6.30. The van der Waals surface area contributed by atoms with Crippen LogP contribution < -0.4 is 14.8 Å². The smallest absolute Gasteiger partial charge is 0.257 e. The summed E-state index contributed by atoms with van der Waals surface area (Å²) in [5.41, 5.74) is 2.21. The molecule has 0 radical (unpaired) electrons. The molecule has 6 nitrogen and oxygen atoms in total. The van der Waals surface area contributed by atoms with Gasteiger partial charge in [-0.15, -0.1) is 5.10 Å². The van der Waals surface area contributed by atoms with Crippen LogP contribution in [0.3, 0.4) is 0 Å². The average Bonchev–Trinajstić information content (AvgIpc) is 3.10. The molecule has 0 spiro atoms. The van der Waals surface area contributed by atoms with Crippen molar-refractivity contribution in [3.05, 3.63) is 64.8 Å². The molecule has 0 aliphatic rings. The predicted octanol–water partition coefficient (Wildman–Crippen LogP) is 4.36. The Labute approximate surface area is 162 Å². The summed E-state index contributed by atoms with van der Waals surface area (Å²) in [5.74, 6) is 1.24. The first kappa shape index (κ1) is 18.8. The number of nitrogens with zero attached hydrogens (tertiary/aromatic N) is 2. The second kappa shape index (κ2) is 8.14. The van der Waals surface area contributed by atoms with Gasteiger partial charge < -0.3 is 14.8 Å². The Balaban J connectivity index is 1.89. The highest BCUT2D eigenvalue weighted by Gasteiger charge is 2.14. The van der Waals surface area contributed by atoms with E-state index in [0.29, 0.717) is 27.9 Å². The van der Waals surface area contributed by atoms with Crippen LogP contribution in [-0.4, -0.2) is 29.9 Å². The van der Waals surface area contributed by atoms with Crippen LogP contribution in [0.5, 0.6) is 11.5 Å². The highest BCUT2D eigenvalue weighted by atomic mass is 35.5. The lowest BCUT2D eigenvalue weighted by molar-refractivity contribution is 0.102. The van der Waals surface area contributed by atoms with E-state index in [-0.39, 0.29) is 5.91 Å². The molecule has 27 heavy (non-hydrogen) atoms. The number of halogens is 1. The molecule has 0 saturated heterocycles. The first-order valence-corrected chi connectivity index (χ1v) is 8.81. The number of carbonyl (C=O) groups excluding carboxylic acids is 1. The zero-order valence-corrected chi connectivity index (χ0v) is 16.1. The van der Waals surface area contributed by atoms with E-state index in [1.54, 1.807) is 28.9 Å². The van der Waals surface area contributed by atoms with Crippen LogP contribution in [0.15, 0.2) is 48.5 Å². The Morgan fingerprint density at radius 1 is 1.11 bits per heavy atom. The fourth-order valence-corrected chi connectivity index (χ4v) is 2.88. The SMILES string of the molecule is CCc1cc(NC(=O)c2cc(OC)cc(OC)c2)nn1-c1cccc(Cl)c1. The first-order valence-electron chi connectivity index (χ1n) is 8.43. The number of ether oxygens (including phenoxy) is 2. The van der Waals surface area contributed by atoms with Crippen molar-refractivity contribution >= 4 is 23.3 Å². The maximum absolute atomic E-state index is 12.7. The van der Waals surface area contributed by atoms with Crippen molar-refractivity contribution in [3.8, 4) is 17.2 Å². The van der Waals surface area contributed by atoms with Crippen LogP contribution in [0.4, 0.5) is 5.82 Å². The zero-order chi connectivity index (χ0) is 19.4. The second-order valence-electron chi connectivity index (χ2n) is 5.82. The van der Waals surface area contributed by atoms with E-state index >= 15 is 0 Å². The quantitative estimate of drug-likeness (QED) is 0.684. The number of aromatic nitrogens is 2. The number of hydrogen-bond acceptors (Lipinski definition) is 4. The monoisotopic (exact) mass is 385 g/mol. The van der Waals surface area contributed by atoms with Gasteiger partial charge in [0.2, 0.25) is 0 Å². The number of methoxy groups -OCH3 is 2. The molecule has 2 aromatic carbocycles. The maximum Gasteiger partial charge on any atom is 0.257 e. The number of carbonyl (C=O) groups is 1. The summed E-state index contributed by atoms with van der Waals surface area (Å²) >= 11 is 6.08. The predicted molar refractivity (Wildman–Crippen MR) is 105 cm³/mol. The lowest BCUT2D eigenvalue weighted by atomic mass is 10.2. The number of anilines is 1. The molecule has 1 aromatic heterocycles. The molecule has 0 saturated carbocycles. The summed E-state index contributed by atoms with van der Waals surface area (Å²) < 4.78 is 12.2. The molecule has 1 heterocycles. The minimum Gasteiger partial charge on any atom is -0.497 e. The molecule has 1 N–H and O–H groups in total. The zero-order valence-electron chi connectivity index (χ0n) is 15.3. The number of amides is 1. The first-order chi connectivity index (χ1) is 13.0. The molecule has 0 aliphatic carbocycles. The lowest BCUT2D eigenvalue weighted by Crippen LogP contribution is -2.13. The molecular weight excluding hydrogens is 366 g/mol. The van der Waals surface area contributed by atoms with Crippen molar-refractivity contribution in [2.45, 2.75) is 13.3 Å². The van der Waals surface area contributed by atoms with Gasteiger partial charge in [-0.3, -0.25) is 4.79 Å². The molecule has 0 aliphatic heterocycles. The van der Waals surface area contributed by atoms with Gasteiger partial charge >= 0.3 is 0 Å². The standard InChI is InChI=1S/C20H20ClN3O3/c1-4-15-11-19(23-24(15)16-7-5-6-14(21)10-16)22-20(25)13-8-17(26-2)12-18(9-13)27-3/h5-12H,4H2,1-3H3,(H,22,23,25). The molecule has 0 bridgehead atoms. The molecule has 0 unspecified atom stereocenters. The van der Waals surface area contributed by atoms with E-state index in [0.717, 1.165) is 17.8 Å². The van der Waals surface area contributed by atoms with Gasteiger partial charge in [0.1, 0.15) is 11.5 Å². The van der Waals surface area contributed by atoms with E-state index < -0.39 is 0 Å². The summed E-state index contributed by atoms with van der Waals surface area (Å²) in [5, 5.41) is 7.96. The summed E-state index contributed by atoms with van der Waals surface area (Å²) in [7, 11) is 3.08. The van der Waals surface area contributed by atoms with Crippen LogP contribution in [0.2, 0.25) is 5.02 Å². The number of rotatable bonds is 6. The molecule has 1 amide bonds. The number of nitrogens with one attached hydrogen (secondary N) is 1. The minimum absolute atomic E-state index is 0.300. The maximum atomic E-state index is 12.7. The largest absolute Gasteiger partial charge is 0.497 e. The minimum atomic E-state index is -0.300. The Morgan fingerprint density at radius 2 is 1.81 bits per heavy atom. The third-order valence-corrected chi connectivity index (χ3v) is 4.29. The molecule has 3 aromatic rings. The van der Waals surface area contributed by atoms with Crippen LogP contribution in [0.1, 0.15) is 23.0 Å².